The van der Waals surface area contributed by atoms with Crippen molar-refractivity contribution in [3.63, 3.8) is 0 Å². The van der Waals surface area contributed by atoms with Gasteiger partial charge in [-0.2, -0.15) is 0 Å². The number of aliphatic hydroxyl groups is 3. The zero-order chi connectivity index (χ0) is 38.8. The number of carbonyl (C=O) groups is 3. The minimum absolute atomic E-state index is 0.0965. The van der Waals surface area contributed by atoms with E-state index in [9.17, 15) is 29.7 Å². The van der Waals surface area contributed by atoms with Crippen LogP contribution in [0.5, 0.6) is 5.75 Å². The van der Waals surface area contributed by atoms with Gasteiger partial charge in [0.25, 0.3) is 0 Å². The fraction of sp³-hybridized carbons (Fsp3) is 0.535. The lowest BCUT2D eigenvalue weighted by atomic mass is 9.85. The van der Waals surface area contributed by atoms with E-state index in [2.05, 4.69) is 16.8 Å². The third-order valence-corrected chi connectivity index (χ3v) is 9.79. The maximum atomic E-state index is 13.0. The minimum Gasteiger partial charge on any atom is -0.461 e. The molecule has 0 amide bonds. The smallest absolute Gasteiger partial charge is 0.311 e. The summed E-state index contributed by atoms with van der Waals surface area (Å²) in [6.07, 6.45) is 19.5. The first kappa shape index (κ1) is 42.9. The Hall–Kier alpha value is -4.48. The van der Waals surface area contributed by atoms with Crippen molar-refractivity contribution in [1.82, 2.24) is 4.98 Å². The summed E-state index contributed by atoms with van der Waals surface area (Å²) in [5.74, 6) is 2.22. The average molecular weight is 730 g/mol. The molecule has 1 aliphatic rings. The van der Waals surface area contributed by atoms with E-state index in [1.165, 1.54) is 11.8 Å². The molecule has 0 radical (unpaired) electrons. The molecule has 10 nitrogen and oxygen atoms in total. The van der Waals surface area contributed by atoms with Crippen molar-refractivity contribution in [2.45, 2.75) is 123 Å². The maximum absolute atomic E-state index is 13.0. The van der Waals surface area contributed by atoms with Gasteiger partial charge in [0.1, 0.15) is 13.2 Å². The lowest BCUT2D eigenvalue weighted by molar-refractivity contribution is -0.150. The van der Waals surface area contributed by atoms with Crippen LogP contribution in [-0.2, 0) is 43.5 Å². The minimum atomic E-state index is -0.618. The van der Waals surface area contributed by atoms with Crippen LogP contribution in [0, 0.1) is 55.3 Å². The third kappa shape index (κ3) is 14.1. The van der Waals surface area contributed by atoms with E-state index in [1.54, 1.807) is 20.8 Å². The number of esters is 3. The molecule has 0 spiro atoms. The highest BCUT2D eigenvalue weighted by atomic mass is 16.6. The summed E-state index contributed by atoms with van der Waals surface area (Å²) in [7, 11) is 0. The predicted octanol–water partition coefficient (Wildman–Crippen LogP) is 5.95. The van der Waals surface area contributed by atoms with Gasteiger partial charge in [0.15, 0.2) is 5.75 Å². The number of rotatable bonds is 21. The number of ether oxygens (including phenoxy) is 3. The van der Waals surface area contributed by atoms with Gasteiger partial charge in [-0.15, -0.1) is 24.7 Å². The monoisotopic (exact) mass is 729 g/mol. The van der Waals surface area contributed by atoms with E-state index in [4.69, 9.17) is 27.1 Å². The molecule has 10 heteroatoms. The first-order chi connectivity index (χ1) is 25.4. The van der Waals surface area contributed by atoms with E-state index in [1.807, 2.05) is 42.5 Å². The van der Waals surface area contributed by atoms with E-state index in [0.717, 1.165) is 6.42 Å². The van der Waals surface area contributed by atoms with Crippen molar-refractivity contribution in [1.29, 1.82) is 0 Å². The Balaban J connectivity index is 1.54. The number of terminal acetylenes is 2. The summed E-state index contributed by atoms with van der Waals surface area (Å²) in [6.45, 7) is 4.55. The first-order valence-corrected chi connectivity index (χ1v) is 18.6. The normalized spacial score (nSPS) is 19.8. The first-order valence-electron chi connectivity index (χ1n) is 18.6. The van der Waals surface area contributed by atoms with Crippen LogP contribution in [0.2, 0.25) is 0 Å². The quantitative estimate of drug-likeness (QED) is 0.0609. The van der Waals surface area contributed by atoms with Crippen LogP contribution in [0.1, 0.15) is 100 Å². The Morgan fingerprint density at radius 2 is 1.58 bits per heavy atom. The number of unbranched alkanes of at least 4 members (excludes halogenated alkanes) is 1. The van der Waals surface area contributed by atoms with E-state index >= 15 is 0 Å². The number of aromatic nitrogens is 1. The Morgan fingerprint density at radius 1 is 0.943 bits per heavy atom. The van der Waals surface area contributed by atoms with Gasteiger partial charge in [-0.05, 0) is 75.7 Å². The van der Waals surface area contributed by atoms with Gasteiger partial charge in [0.2, 0.25) is 0 Å². The molecule has 1 saturated carbocycles. The number of hydrogen-bond acceptors (Lipinski definition) is 10. The summed E-state index contributed by atoms with van der Waals surface area (Å²) in [5.41, 5.74) is 2.35. The molecule has 1 fully saturated rings. The summed E-state index contributed by atoms with van der Waals surface area (Å²) in [6, 6.07) is 10.0. The Labute approximate surface area is 314 Å². The Bertz CT molecular complexity index is 1590. The number of allylic oxidation sites excluding steroid dienone is 2. The van der Waals surface area contributed by atoms with Crippen molar-refractivity contribution in [3.8, 4) is 30.4 Å². The molecule has 2 aromatic rings. The van der Waals surface area contributed by atoms with Crippen molar-refractivity contribution >= 4 is 17.9 Å². The lowest BCUT2D eigenvalue weighted by Crippen LogP contribution is -2.23. The standard InChI is InChI=1S/C43H55NO9/c1-6-15-29(3)42(49)51-27-33-26-44-31(5)41(37(33)28-52-43(50)30(4)16-7-2)53-40(48)20-14-9-8-13-19-35-36(39(47)25-38(35)46)24-23-34(45)22-21-32-17-11-10-12-18-32/h1-2,8,10-13,17-18,26,29-30,34-36,38-39,45-47H,9,14-16,19-25,27-28H2,3-5H3/b13-8-/t29?,30?,34?,35-,36-,38+,39-/m1/s1. The molecule has 53 heavy (non-hydrogen) atoms. The molecular formula is C43H55NO9. The zero-order valence-corrected chi connectivity index (χ0v) is 31.2. The van der Waals surface area contributed by atoms with Gasteiger partial charge in [-0.3, -0.25) is 19.4 Å². The number of carbonyl (C=O) groups excluding carboxylic acids is 3. The highest BCUT2D eigenvalue weighted by Gasteiger charge is 2.40. The molecular weight excluding hydrogens is 674 g/mol. The fourth-order valence-electron chi connectivity index (χ4n) is 6.50. The number of hydrogen-bond donors (Lipinski definition) is 3. The van der Waals surface area contributed by atoms with Gasteiger partial charge in [-0.25, -0.2) is 0 Å². The third-order valence-electron chi connectivity index (χ3n) is 9.79. The molecule has 7 atom stereocenters. The molecule has 0 saturated heterocycles. The van der Waals surface area contributed by atoms with E-state index in [-0.39, 0.29) is 50.1 Å². The molecule has 0 bridgehead atoms. The topological polar surface area (TPSA) is 152 Å². The van der Waals surface area contributed by atoms with Crippen LogP contribution >= 0.6 is 0 Å². The van der Waals surface area contributed by atoms with Crippen molar-refractivity contribution in [3.05, 3.63) is 71.1 Å². The van der Waals surface area contributed by atoms with Crippen molar-refractivity contribution < 1.29 is 43.9 Å². The number of aliphatic hydroxyl groups excluding tert-OH is 3. The van der Waals surface area contributed by atoms with Crippen LogP contribution in [-0.4, -0.2) is 56.5 Å². The van der Waals surface area contributed by atoms with Gasteiger partial charge >= 0.3 is 17.9 Å². The molecule has 3 unspecified atom stereocenters. The number of nitrogens with zero attached hydrogens (tertiary/aromatic N) is 1. The average Bonchev–Trinajstić information content (AvgIpc) is 3.41. The summed E-state index contributed by atoms with van der Waals surface area (Å²) < 4.78 is 16.7. The van der Waals surface area contributed by atoms with Crippen LogP contribution in [0.3, 0.4) is 0 Å². The largest absolute Gasteiger partial charge is 0.461 e. The lowest BCUT2D eigenvalue weighted by Gasteiger charge is -2.23. The van der Waals surface area contributed by atoms with Crippen LogP contribution in [0.25, 0.3) is 0 Å². The molecule has 286 valence electrons. The number of benzene rings is 1. The van der Waals surface area contributed by atoms with Crippen LogP contribution in [0.15, 0.2) is 48.7 Å². The number of pyridine rings is 1. The molecule has 0 aliphatic heterocycles. The van der Waals surface area contributed by atoms with Gasteiger partial charge < -0.3 is 29.5 Å². The SMILES string of the molecule is C#CCC(C)C(=O)OCc1cnc(C)c(OC(=O)CCC/C=C\C[C@@H]2[C@@H](CCC(O)CCc3ccccc3)[C@H](O)C[C@@H]2O)c1COC(=O)C(C)CC#C. The second kappa shape index (κ2) is 22.6. The van der Waals surface area contributed by atoms with E-state index < -0.39 is 48.1 Å². The fourth-order valence-corrected chi connectivity index (χ4v) is 6.50. The Morgan fingerprint density at radius 3 is 2.25 bits per heavy atom. The molecule has 3 N–H and O–H groups in total. The Kier molecular flexibility index (Phi) is 18.3. The molecule has 1 aliphatic carbocycles. The van der Waals surface area contributed by atoms with Crippen LogP contribution in [0.4, 0.5) is 0 Å². The zero-order valence-electron chi connectivity index (χ0n) is 31.2. The van der Waals surface area contributed by atoms with Crippen molar-refractivity contribution in [2.24, 2.45) is 23.7 Å². The highest BCUT2D eigenvalue weighted by molar-refractivity contribution is 5.74. The van der Waals surface area contributed by atoms with Crippen LogP contribution < -0.4 is 4.74 Å². The van der Waals surface area contributed by atoms with Gasteiger partial charge in [-0.1, -0.05) is 56.3 Å². The molecule has 1 aromatic heterocycles. The van der Waals surface area contributed by atoms with Crippen molar-refractivity contribution in [2.75, 3.05) is 0 Å². The summed E-state index contributed by atoms with van der Waals surface area (Å²) in [5, 5.41) is 31.9. The second-order valence-electron chi connectivity index (χ2n) is 14.0. The second-order valence-corrected chi connectivity index (χ2v) is 14.0. The highest BCUT2D eigenvalue weighted by Crippen LogP contribution is 2.38. The van der Waals surface area contributed by atoms with E-state index in [0.29, 0.717) is 61.8 Å². The summed E-state index contributed by atoms with van der Waals surface area (Å²) in [4.78, 5) is 42.4. The maximum Gasteiger partial charge on any atom is 0.311 e. The predicted molar refractivity (Wildman–Crippen MR) is 201 cm³/mol. The number of aryl methyl sites for hydroxylation is 2. The van der Waals surface area contributed by atoms with Gasteiger partial charge in [0.05, 0.1) is 35.8 Å². The molecule has 1 heterocycles. The summed E-state index contributed by atoms with van der Waals surface area (Å²) >= 11 is 0. The molecule has 1 aromatic carbocycles. The van der Waals surface area contributed by atoms with Gasteiger partial charge in [0, 0.05) is 36.6 Å². The molecule has 3 rings (SSSR count).